The van der Waals surface area contributed by atoms with Gasteiger partial charge in [-0.15, -0.1) is 0 Å². The number of nitrogens with two attached hydrogens (primary N) is 1. The fourth-order valence-electron chi connectivity index (χ4n) is 1.76. The van der Waals surface area contributed by atoms with Gasteiger partial charge in [-0.2, -0.15) is 0 Å². The van der Waals surface area contributed by atoms with E-state index in [1.54, 1.807) is 6.07 Å². The lowest BCUT2D eigenvalue weighted by Gasteiger charge is -1.99. The van der Waals surface area contributed by atoms with Gasteiger partial charge in [0.15, 0.2) is 11.6 Å². The topological polar surface area (TPSA) is 77.8 Å². The molecule has 0 unspecified atom stereocenters. The molecule has 1 aromatic carbocycles. The van der Waals surface area contributed by atoms with Crippen LogP contribution < -0.4 is 5.73 Å². The Morgan fingerprint density at radius 2 is 1.95 bits per heavy atom. The van der Waals surface area contributed by atoms with E-state index >= 15 is 0 Å². The Bertz CT molecular complexity index is 752. The molecule has 2 N–H and O–H groups in total. The summed E-state index contributed by atoms with van der Waals surface area (Å²) in [6, 6.07) is 9.44. The molecule has 99 valence electrons. The smallest absolute Gasteiger partial charge is 0.167 e. The highest BCUT2D eigenvalue weighted by atomic mass is 79.9. The number of hydrogen-bond acceptors (Lipinski definition) is 5. The van der Waals surface area contributed by atoms with Crippen molar-refractivity contribution in [3.05, 3.63) is 53.6 Å². The molecule has 5 nitrogen and oxygen atoms in total. The van der Waals surface area contributed by atoms with Crippen molar-refractivity contribution >= 4 is 21.7 Å². The Morgan fingerprint density at radius 3 is 2.70 bits per heavy atom. The number of aromatic nitrogens is 3. The summed E-state index contributed by atoms with van der Waals surface area (Å²) in [7, 11) is 0. The number of nitrogen functional groups attached to an aromatic ring is 1. The zero-order valence-electron chi connectivity index (χ0n) is 10.4. The molecule has 0 aliphatic rings. The van der Waals surface area contributed by atoms with Crippen LogP contribution in [0.3, 0.4) is 0 Å². The summed E-state index contributed by atoms with van der Waals surface area (Å²) in [5, 5.41) is 3.99. The van der Waals surface area contributed by atoms with Crippen LogP contribution in [0.4, 0.5) is 5.82 Å². The molecule has 2 aromatic heterocycles. The van der Waals surface area contributed by atoms with Crippen LogP contribution in [0.25, 0.3) is 22.7 Å². The lowest BCUT2D eigenvalue weighted by Crippen LogP contribution is -1.97. The number of nitrogens with zero attached hydrogens (tertiary/aromatic N) is 3. The van der Waals surface area contributed by atoms with Gasteiger partial charge in [-0.05, 0) is 28.4 Å². The quantitative estimate of drug-likeness (QED) is 0.780. The first kappa shape index (κ1) is 12.8. The molecule has 2 heterocycles. The number of anilines is 1. The number of rotatable bonds is 2. The second kappa shape index (κ2) is 5.05. The molecule has 1 radical (unpaired) electrons. The molecule has 0 saturated carbocycles. The molecular formula is C14H10BrN4O. The highest BCUT2D eigenvalue weighted by molar-refractivity contribution is 9.10. The minimum Gasteiger partial charge on any atom is -0.382 e. The lowest BCUT2D eigenvalue weighted by atomic mass is 10.1. The van der Waals surface area contributed by atoms with E-state index in [1.807, 2.05) is 24.3 Å². The van der Waals surface area contributed by atoms with Gasteiger partial charge in [0.05, 0.1) is 6.20 Å². The molecule has 0 atom stereocenters. The molecule has 3 aromatic rings. The second-order valence-electron chi connectivity index (χ2n) is 4.20. The Hall–Kier alpha value is -2.21. The Morgan fingerprint density at radius 1 is 1.20 bits per heavy atom. The minimum absolute atomic E-state index is 0.307. The molecule has 0 bridgehead atoms. The van der Waals surface area contributed by atoms with Crippen LogP contribution in [-0.4, -0.2) is 15.1 Å². The molecular weight excluding hydrogens is 320 g/mol. The van der Waals surface area contributed by atoms with Crippen molar-refractivity contribution in [3.63, 3.8) is 0 Å². The predicted molar refractivity (Wildman–Crippen MR) is 79.5 cm³/mol. The van der Waals surface area contributed by atoms with Gasteiger partial charge < -0.3 is 10.3 Å². The average molecular weight is 330 g/mol. The molecule has 6 heteroatoms. The van der Waals surface area contributed by atoms with Crippen molar-refractivity contribution in [3.8, 4) is 22.7 Å². The fourth-order valence-corrected chi connectivity index (χ4v) is 2.04. The molecule has 3 rings (SSSR count). The summed E-state index contributed by atoms with van der Waals surface area (Å²) in [4.78, 5) is 8.29. The van der Waals surface area contributed by atoms with Crippen LogP contribution in [0.1, 0.15) is 5.56 Å². The zero-order chi connectivity index (χ0) is 14.1. The lowest BCUT2D eigenvalue weighted by molar-refractivity contribution is 0.434. The number of benzene rings is 1. The van der Waals surface area contributed by atoms with Gasteiger partial charge in [-0.3, -0.25) is 0 Å². The SMILES string of the molecule is [CH2]c1ccc(-c2cc(-c3nc(Br)cnc3N)no2)cc1. The van der Waals surface area contributed by atoms with Gasteiger partial charge in [0.2, 0.25) is 0 Å². The van der Waals surface area contributed by atoms with Crippen LogP contribution in [0.15, 0.2) is 45.7 Å². The van der Waals surface area contributed by atoms with E-state index in [2.05, 4.69) is 38.0 Å². The molecule has 20 heavy (non-hydrogen) atoms. The molecule has 0 amide bonds. The normalized spacial score (nSPS) is 10.7. The maximum Gasteiger partial charge on any atom is 0.167 e. The maximum absolute atomic E-state index is 5.80. The first-order valence-corrected chi connectivity index (χ1v) is 6.60. The van der Waals surface area contributed by atoms with E-state index in [0.29, 0.717) is 27.6 Å². The Balaban J connectivity index is 2.01. The summed E-state index contributed by atoms with van der Waals surface area (Å²) in [6.45, 7) is 3.84. The standard InChI is InChI=1S/C14H10BrN4O/c1-8-2-4-9(5-3-8)11-6-10(19-20-11)13-14(16)17-7-12(15)18-13/h2-7H,1H2,(H2,16,17). The zero-order valence-corrected chi connectivity index (χ0v) is 12.0. The van der Waals surface area contributed by atoms with Crippen LogP contribution in [0, 0.1) is 6.92 Å². The highest BCUT2D eigenvalue weighted by Crippen LogP contribution is 2.28. The largest absolute Gasteiger partial charge is 0.382 e. The van der Waals surface area contributed by atoms with E-state index in [0.717, 1.165) is 11.1 Å². The van der Waals surface area contributed by atoms with Gasteiger partial charge in [-0.1, -0.05) is 29.4 Å². The van der Waals surface area contributed by atoms with Crippen LogP contribution in [0.5, 0.6) is 0 Å². The molecule has 0 spiro atoms. The van der Waals surface area contributed by atoms with Crippen molar-refractivity contribution in [2.75, 3.05) is 5.73 Å². The average Bonchev–Trinajstić information content (AvgIpc) is 2.92. The maximum atomic E-state index is 5.80. The van der Waals surface area contributed by atoms with Gasteiger partial charge in [0, 0.05) is 11.6 Å². The first-order valence-electron chi connectivity index (χ1n) is 5.81. The third-order valence-corrected chi connectivity index (χ3v) is 3.14. The van der Waals surface area contributed by atoms with Crippen molar-refractivity contribution in [1.29, 1.82) is 0 Å². The second-order valence-corrected chi connectivity index (χ2v) is 5.01. The van der Waals surface area contributed by atoms with Gasteiger partial charge in [-0.25, -0.2) is 9.97 Å². The summed E-state index contributed by atoms with van der Waals surface area (Å²) in [6.07, 6.45) is 1.53. The Kier molecular flexibility index (Phi) is 3.23. The Labute approximate surface area is 124 Å². The van der Waals surface area contributed by atoms with Crippen molar-refractivity contribution in [1.82, 2.24) is 15.1 Å². The van der Waals surface area contributed by atoms with Crippen molar-refractivity contribution in [2.45, 2.75) is 0 Å². The summed E-state index contributed by atoms with van der Waals surface area (Å²) < 4.78 is 5.92. The summed E-state index contributed by atoms with van der Waals surface area (Å²) >= 11 is 3.26. The molecule has 0 aliphatic carbocycles. The molecule has 0 fully saturated rings. The van der Waals surface area contributed by atoms with E-state index in [-0.39, 0.29) is 0 Å². The van der Waals surface area contributed by atoms with Crippen molar-refractivity contribution in [2.24, 2.45) is 0 Å². The fraction of sp³-hybridized carbons (Fsp3) is 0. The van der Waals surface area contributed by atoms with Gasteiger partial charge >= 0.3 is 0 Å². The van der Waals surface area contributed by atoms with E-state index in [9.17, 15) is 0 Å². The summed E-state index contributed by atoms with van der Waals surface area (Å²) in [5.41, 5.74) is 8.70. The predicted octanol–water partition coefficient (Wildman–Crippen LogP) is 3.33. The van der Waals surface area contributed by atoms with E-state index < -0.39 is 0 Å². The minimum atomic E-state index is 0.307. The molecule has 0 saturated heterocycles. The molecule has 0 aliphatic heterocycles. The van der Waals surface area contributed by atoms with Gasteiger partial charge in [0.25, 0.3) is 0 Å². The summed E-state index contributed by atoms with van der Waals surface area (Å²) in [5.74, 6) is 0.947. The highest BCUT2D eigenvalue weighted by Gasteiger charge is 2.13. The first-order chi connectivity index (χ1) is 9.63. The number of hydrogen-bond donors (Lipinski definition) is 1. The van der Waals surface area contributed by atoms with Crippen LogP contribution in [0.2, 0.25) is 0 Å². The monoisotopic (exact) mass is 329 g/mol. The third-order valence-electron chi connectivity index (χ3n) is 2.76. The van der Waals surface area contributed by atoms with Crippen LogP contribution >= 0.6 is 15.9 Å². The van der Waals surface area contributed by atoms with E-state index in [1.165, 1.54) is 6.20 Å². The van der Waals surface area contributed by atoms with Gasteiger partial charge in [0.1, 0.15) is 16.0 Å². The van der Waals surface area contributed by atoms with Crippen molar-refractivity contribution < 1.29 is 4.52 Å². The number of halogens is 1. The third kappa shape index (κ3) is 2.42. The van der Waals surface area contributed by atoms with E-state index in [4.69, 9.17) is 10.3 Å². The van der Waals surface area contributed by atoms with Crippen LogP contribution in [-0.2, 0) is 0 Å².